The fourth-order valence-corrected chi connectivity index (χ4v) is 3.12. The Hall–Kier alpha value is -2.17. The number of carbonyl (C=O) groups excluding carboxylic acids is 1. The Morgan fingerprint density at radius 2 is 1.95 bits per heavy atom. The molecular weight excluding hydrogens is 278 g/mol. The molecule has 2 aromatic heterocycles. The molecule has 0 atom stereocenters. The minimum absolute atomic E-state index is 0.169. The van der Waals surface area contributed by atoms with E-state index in [1.807, 2.05) is 31.1 Å². The zero-order chi connectivity index (χ0) is 15.5. The Bertz CT molecular complexity index is 624. The van der Waals surface area contributed by atoms with Crippen molar-refractivity contribution in [2.24, 2.45) is 0 Å². The van der Waals surface area contributed by atoms with Crippen molar-refractivity contribution in [3.8, 4) is 0 Å². The van der Waals surface area contributed by atoms with Crippen LogP contribution in [0.5, 0.6) is 0 Å². The summed E-state index contributed by atoms with van der Waals surface area (Å²) in [6.45, 7) is 5.37. The molecule has 5 heteroatoms. The van der Waals surface area contributed by atoms with Crippen LogP contribution in [-0.2, 0) is 11.2 Å². The summed E-state index contributed by atoms with van der Waals surface area (Å²) in [4.78, 5) is 18.5. The summed E-state index contributed by atoms with van der Waals surface area (Å²) >= 11 is 0. The van der Waals surface area contributed by atoms with Gasteiger partial charge >= 0.3 is 0 Å². The number of hydrogen-bond donors (Lipinski definition) is 0. The second-order valence-corrected chi connectivity index (χ2v) is 5.92. The van der Waals surface area contributed by atoms with Crippen LogP contribution in [0.2, 0.25) is 0 Å². The maximum absolute atomic E-state index is 12.5. The van der Waals surface area contributed by atoms with Crippen molar-refractivity contribution >= 4 is 5.91 Å². The number of rotatable bonds is 3. The highest BCUT2D eigenvalue weighted by atomic mass is 16.5. The largest absolute Gasteiger partial charge is 0.361 e. The maximum Gasteiger partial charge on any atom is 0.227 e. The zero-order valence-electron chi connectivity index (χ0n) is 13.1. The van der Waals surface area contributed by atoms with E-state index in [2.05, 4.69) is 22.3 Å². The molecule has 3 heterocycles. The molecule has 1 saturated heterocycles. The number of carbonyl (C=O) groups is 1. The first-order valence-corrected chi connectivity index (χ1v) is 7.74. The summed E-state index contributed by atoms with van der Waals surface area (Å²) < 4.78 is 5.13. The molecule has 0 N–H and O–H groups in total. The smallest absolute Gasteiger partial charge is 0.227 e. The van der Waals surface area contributed by atoms with Gasteiger partial charge in [-0.3, -0.25) is 9.78 Å². The first-order valence-electron chi connectivity index (χ1n) is 7.74. The molecule has 1 amide bonds. The molecule has 0 unspecified atom stereocenters. The SMILES string of the molecule is Cc1noc(C)c1CC(=O)N1CCC(c2ccncc2)CC1. The molecule has 2 aromatic rings. The maximum atomic E-state index is 12.5. The predicted molar refractivity (Wildman–Crippen MR) is 82.5 cm³/mol. The van der Waals surface area contributed by atoms with E-state index in [0.717, 1.165) is 42.9 Å². The van der Waals surface area contributed by atoms with E-state index >= 15 is 0 Å². The number of amides is 1. The van der Waals surface area contributed by atoms with Crippen LogP contribution in [0.25, 0.3) is 0 Å². The van der Waals surface area contributed by atoms with Gasteiger partial charge in [0.15, 0.2) is 0 Å². The first kappa shape index (κ1) is 14.8. The summed E-state index contributed by atoms with van der Waals surface area (Å²) in [5.41, 5.74) is 3.08. The minimum Gasteiger partial charge on any atom is -0.361 e. The highest BCUT2D eigenvalue weighted by Gasteiger charge is 2.25. The monoisotopic (exact) mass is 299 g/mol. The van der Waals surface area contributed by atoms with Crippen LogP contribution in [0.4, 0.5) is 0 Å². The third kappa shape index (κ3) is 3.03. The molecule has 0 aliphatic carbocycles. The number of nitrogens with zero attached hydrogens (tertiary/aromatic N) is 3. The van der Waals surface area contributed by atoms with E-state index in [0.29, 0.717) is 12.3 Å². The van der Waals surface area contributed by atoms with E-state index in [9.17, 15) is 4.79 Å². The summed E-state index contributed by atoms with van der Waals surface area (Å²) in [7, 11) is 0. The normalized spacial score (nSPS) is 16.0. The molecular formula is C17H21N3O2. The number of aromatic nitrogens is 2. The van der Waals surface area contributed by atoms with Crippen LogP contribution in [0.3, 0.4) is 0 Å². The van der Waals surface area contributed by atoms with Gasteiger partial charge in [0, 0.05) is 31.0 Å². The summed E-state index contributed by atoms with van der Waals surface area (Å²) in [6.07, 6.45) is 6.09. The fraction of sp³-hybridized carbons (Fsp3) is 0.471. The molecule has 116 valence electrons. The Labute approximate surface area is 130 Å². The topological polar surface area (TPSA) is 59.2 Å². The quantitative estimate of drug-likeness (QED) is 0.874. The van der Waals surface area contributed by atoms with E-state index in [1.54, 1.807) is 0 Å². The molecule has 1 fully saturated rings. The van der Waals surface area contributed by atoms with Crippen LogP contribution in [-0.4, -0.2) is 34.0 Å². The van der Waals surface area contributed by atoms with Gasteiger partial charge in [0.1, 0.15) is 5.76 Å². The third-order valence-electron chi connectivity index (χ3n) is 4.53. The molecule has 5 nitrogen and oxygen atoms in total. The lowest BCUT2D eigenvalue weighted by molar-refractivity contribution is -0.131. The van der Waals surface area contributed by atoms with Crippen molar-refractivity contribution in [1.82, 2.24) is 15.0 Å². The van der Waals surface area contributed by atoms with E-state index < -0.39 is 0 Å². The van der Waals surface area contributed by atoms with Crippen LogP contribution < -0.4 is 0 Å². The van der Waals surface area contributed by atoms with Crippen molar-refractivity contribution in [2.75, 3.05) is 13.1 Å². The van der Waals surface area contributed by atoms with Crippen molar-refractivity contribution in [2.45, 2.75) is 39.0 Å². The first-order chi connectivity index (χ1) is 10.6. The number of likely N-dealkylation sites (tertiary alicyclic amines) is 1. The Morgan fingerprint density at radius 3 is 2.55 bits per heavy atom. The minimum atomic E-state index is 0.169. The summed E-state index contributed by atoms with van der Waals surface area (Å²) in [6, 6.07) is 4.15. The van der Waals surface area contributed by atoms with Crippen LogP contribution in [0.15, 0.2) is 29.0 Å². The molecule has 3 rings (SSSR count). The lowest BCUT2D eigenvalue weighted by atomic mass is 9.90. The lowest BCUT2D eigenvalue weighted by Gasteiger charge is -2.32. The van der Waals surface area contributed by atoms with Gasteiger partial charge < -0.3 is 9.42 Å². The van der Waals surface area contributed by atoms with Crippen molar-refractivity contribution in [3.63, 3.8) is 0 Å². The van der Waals surface area contributed by atoms with E-state index in [4.69, 9.17) is 4.52 Å². The van der Waals surface area contributed by atoms with E-state index in [1.165, 1.54) is 5.56 Å². The van der Waals surface area contributed by atoms with Gasteiger partial charge in [-0.2, -0.15) is 0 Å². The van der Waals surface area contributed by atoms with Gasteiger partial charge in [0.2, 0.25) is 5.91 Å². The zero-order valence-corrected chi connectivity index (χ0v) is 13.1. The molecule has 0 radical (unpaired) electrons. The molecule has 22 heavy (non-hydrogen) atoms. The lowest BCUT2D eigenvalue weighted by Crippen LogP contribution is -2.38. The highest BCUT2D eigenvalue weighted by Crippen LogP contribution is 2.28. The Kier molecular flexibility index (Phi) is 4.22. The molecule has 0 bridgehead atoms. The molecule has 0 spiro atoms. The average molecular weight is 299 g/mol. The average Bonchev–Trinajstić information content (AvgIpc) is 2.88. The van der Waals surface area contributed by atoms with Crippen molar-refractivity contribution in [3.05, 3.63) is 47.1 Å². The Morgan fingerprint density at radius 1 is 1.27 bits per heavy atom. The summed E-state index contributed by atoms with van der Waals surface area (Å²) in [5, 5.41) is 3.91. The predicted octanol–water partition coefficient (Wildman–Crippen LogP) is 2.64. The standard InChI is InChI=1S/C17H21N3O2/c1-12-16(13(2)22-19-12)11-17(21)20-9-5-15(6-10-20)14-3-7-18-8-4-14/h3-4,7-8,15H,5-6,9-11H2,1-2H3. The van der Waals surface area contributed by atoms with Gasteiger partial charge in [-0.25, -0.2) is 0 Å². The van der Waals surface area contributed by atoms with Crippen molar-refractivity contribution < 1.29 is 9.32 Å². The molecule has 1 aliphatic heterocycles. The summed E-state index contributed by atoms with van der Waals surface area (Å²) in [5.74, 6) is 1.45. The second kappa shape index (κ2) is 6.30. The number of piperidine rings is 1. The third-order valence-corrected chi connectivity index (χ3v) is 4.53. The second-order valence-electron chi connectivity index (χ2n) is 5.92. The van der Waals surface area contributed by atoms with E-state index in [-0.39, 0.29) is 5.91 Å². The molecule has 0 saturated carbocycles. The molecule has 0 aromatic carbocycles. The highest BCUT2D eigenvalue weighted by molar-refractivity contribution is 5.79. The van der Waals surface area contributed by atoms with Gasteiger partial charge in [0.05, 0.1) is 12.1 Å². The van der Waals surface area contributed by atoms with Gasteiger partial charge in [-0.05, 0) is 50.3 Å². The molecule has 1 aliphatic rings. The fourth-order valence-electron chi connectivity index (χ4n) is 3.12. The number of aryl methyl sites for hydroxylation is 2. The van der Waals surface area contributed by atoms with Crippen LogP contribution >= 0.6 is 0 Å². The van der Waals surface area contributed by atoms with Crippen molar-refractivity contribution in [1.29, 1.82) is 0 Å². The van der Waals surface area contributed by atoms with Gasteiger partial charge in [-0.1, -0.05) is 5.16 Å². The van der Waals surface area contributed by atoms with Gasteiger partial charge in [0.25, 0.3) is 0 Å². The number of hydrogen-bond acceptors (Lipinski definition) is 4. The van der Waals surface area contributed by atoms with Crippen LogP contribution in [0, 0.1) is 13.8 Å². The number of pyridine rings is 1. The van der Waals surface area contributed by atoms with Gasteiger partial charge in [-0.15, -0.1) is 0 Å². The Balaban J connectivity index is 1.58. The van der Waals surface area contributed by atoms with Crippen LogP contribution in [0.1, 0.15) is 41.3 Å².